The first-order valence-corrected chi connectivity index (χ1v) is 9.81. The molecule has 3 rings (SSSR count). The smallest absolute Gasteiger partial charge is 0.260 e. The van der Waals surface area contributed by atoms with Crippen molar-refractivity contribution in [3.63, 3.8) is 0 Å². The fraction of sp³-hybridized carbons (Fsp3) is 0.333. The molecule has 0 bridgehead atoms. The summed E-state index contributed by atoms with van der Waals surface area (Å²) in [6.45, 7) is 5.79. The summed E-state index contributed by atoms with van der Waals surface area (Å²) >= 11 is 1.59. The Bertz CT molecular complexity index is 899. The highest BCUT2D eigenvalue weighted by atomic mass is 32.1. The molecular formula is C21H26N3OS+. The molecule has 0 saturated carbocycles. The van der Waals surface area contributed by atoms with Gasteiger partial charge in [0.15, 0.2) is 5.13 Å². The number of quaternary nitrogens is 1. The summed E-state index contributed by atoms with van der Waals surface area (Å²) < 4.78 is 1.12. The summed E-state index contributed by atoms with van der Waals surface area (Å²) in [5, 5.41) is 0.786. The molecule has 3 aromatic rings. The van der Waals surface area contributed by atoms with Gasteiger partial charge in [-0.15, -0.1) is 0 Å². The molecule has 1 amide bonds. The zero-order valence-electron chi connectivity index (χ0n) is 15.9. The van der Waals surface area contributed by atoms with Gasteiger partial charge in [-0.05, 0) is 37.6 Å². The van der Waals surface area contributed by atoms with Gasteiger partial charge in [-0.3, -0.25) is 9.69 Å². The number of amides is 1. The van der Waals surface area contributed by atoms with Crippen molar-refractivity contribution in [3.05, 3.63) is 59.2 Å². The van der Waals surface area contributed by atoms with E-state index < -0.39 is 0 Å². The standard InChI is InChI=1S/C21H25N3OS/c1-15-9-11-17(12-10-15)20(25)24(14-6-13-23(3)4)21-22-19-16(2)7-5-8-18(19)26-21/h5,7-12H,6,13-14H2,1-4H3/p+1. The lowest BCUT2D eigenvalue weighted by Gasteiger charge is -2.20. The third-order valence-electron chi connectivity index (χ3n) is 4.44. The summed E-state index contributed by atoms with van der Waals surface area (Å²) in [5.41, 5.74) is 4.00. The lowest BCUT2D eigenvalue weighted by atomic mass is 10.1. The first kappa shape index (κ1) is 18.5. The van der Waals surface area contributed by atoms with Crippen molar-refractivity contribution in [3.8, 4) is 0 Å². The Morgan fingerprint density at radius 1 is 1.12 bits per heavy atom. The molecule has 5 heteroatoms. The molecule has 0 unspecified atom stereocenters. The van der Waals surface area contributed by atoms with E-state index in [-0.39, 0.29) is 5.91 Å². The third kappa shape index (κ3) is 4.11. The minimum absolute atomic E-state index is 0.0236. The van der Waals surface area contributed by atoms with E-state index in [1.165, 1.54) is 4.90 Å². The molecule has 0 aliphatic heterocycles. The number of nitrogens with zero attached hydrogens (tertiary/aromatic N) is 2. The predicted octanol–water partition coefficient (Wildman–Crippen LogP) is 3.09. The molecule has 1 N–H and O–H groups in total. The molecule has 1 heterocycles. The van der Waals surface area contributed by atoms with Crippen LogP contribution in [0.2, 0.25) is 0 Å². The zero-order valence-corrected chi connectivity index (χ0v) is 16.7. The van der Waals surface area contributed by atoms with E-state index in [0.29, 0.717) is 12.1 Å². The number of aryl methyl sites for hydroxylation is 2. The fourth-order valence-corrected chi connectivity index (χ4v) is 3.98. The van der Waals surface area contributed by atoms with E-state index in [2.05, 4.69) is 33.2 Å². The van der Waals surface area contributed by atoms with E-state index in [0.717, 1.165) is 39.4 Å². The topological polar surface area (TPSA) is 37.6 Å². The van der Waals surface area contributed by atoms with Crippen LogP contribution in [0.4, 0.5) is 5.13 Å². The number of benzene rings is 2. The fourth-order valence-electron chi connectivity index (χ4n) is 2.92. The van der Waals surface area contributed by atoms with Gasteiger partial charge in [0.2, 0.25) is 0 Å². The van der Waals surface area contributed by atoms with Crippen LogP contribution in [-0.2, 0) is 0 Å². The maximum Gasteiger partial charge on any atom is 0.260 e. The molecule has 0 spiro atoms. The second-order valence-electron chi connectivity index (χ2n) is 7.05. The number of fused-ring (bicyclic) bond motifs is 1. The van der Waals surface area contributed by atoms with E-state index in [1.54, 1.807) is 11.3 Å². The Labute approximate surface area is 159 Å². The number of carbonyl (C=O) groups is 1. The number of para-hydroxylation sites is 1. The first-order valence-electron chi connectivity index (χ1n) is 8.99. The van der Waals surface area contributed by atoms with Crippen molar-refractivity contribution in [2.45, 2.75) is 20.3 Å². The van der Waals surface area contributed by atoms with Crippen molar-refractivity contribution < 1.29 is 9.69 Å². The van der Waals surface area contributed by atoms with Gasteiger partial charge in [0.1, 0.15) is 0 Å². The number of carbonyl (C=O) groups excluding carboxylic acids is 1. The summed E-state index contributed by atoms with van der Waals surface area (Å²) in [4.78, 5) is 21.2. The minimum atomic E-state index is 0.0236. The third-order valence-corrected chi connectivity index (χ3v) is 5.49. The molecule has 0 saturated heterocycles. The highest BCUT2D eigenvalue weighted by Gasteiger charge is 2.21. The van der Waals surface area contributed by atoms with E-state index in [1.807, 2.05) is 42.2 Å². The first-order chi connectivity index (χ1) is 12.5. The van der Waals surface area contributed by atoms with Gasteiger partial charge in [-0.25, -0.2) is 4.98 Å². The summed E-state index contributed by atoms with van der Waals surface area (Å²) in [7, 11) is 4.26. The summed E-state index contributed by atoms with van der Waals surface area (Å²) in [5.74, 6) is 0.0236. The average Bonchev–Trinajstić information content (AvgIpc) is 3.04. The van der Waals surface area contributed by atoms with E-state index in [9.17, 15) is 4.79 Å². The quantitative estimate of drug-likeness (QED) is 0.726. The number of hydrogen-bond acceptors (Lipinski definition) is 3. The largest absolute Gasteiger partial charge is 0.340 e. The van der Waals surface area contributed by atoms with Crippen LogP contribution >= 0.6 is 11.3 Å². The van der Waals surface area contributed by atoms with Gasteiger partial charge in [-0.1, -0.05) is 41.2 Å². The van der Waals surface area contributed by atoms with E-state index in [4.69, 9.17) is 4.98 Å². The number of nitrogens with one attached hydrogen (secondary N) is 1. The van der Waals surface area contributed by atoms with Crippen molar-refractivity contribution in [2.75, 3.05) is 32.1 Å². The van der Waals surface area contributed by atoms with Crippen LogP contribution in [0.15, 0.2) is 42.5 Å². The van der Waals surface area contributed by atoms with E-state index >= 15 is 0 Å². The van der Waals surface area contributed by atoms with Gasteiger partial charge in [-0.2, -0.15) is 0 Å². The molecule has 0 atom stereocenters. The Hall–Kier alpha value is -2.24. The molecular weight excluding hydrogens is 342 g/mol. The number of anilines is 1. The SMILES string of the molecule is Cc1ccc(C(=O)N(CCC[NH+](C)C)c2nc3c(C)cccc3s2)cc1. The van der Waals surface area contributed by atoms with Crippen LogP contribution < -0.4 is 9.80 Å². The van der Waals surface area contributed by atoms with Crippen LogP contribution in [-0.4, -0.2) is 38.1 Å². The molecule has 0 aliphatic carbocycles. The zero-order chi connectivity index (χ0) is 18.7. The molecule has 26 heavy (non-hydrogen) atoms. The molecule has 4 nitrogen and oxygen atoms in total. The van der Waals surface area contributed by atoms with Crippen LogP contribution in [0.25, 0.3) is 10.2 Å². The lowest BCUT2D eigenvalue weighted by molar-refractivity contribution is -0.858. The van der Waals surface area contributed by atoms with Gasteiger partial charge in [0.05, 0.1) is 30.9 Å². The number of aromatic nitrogens is 1. The Morgan fingerprint density at radius 3 is 2.50 bits per heavy atom. The molecule has 1 aromatic heterocycles. The van der Waals surface area contributed by atoms with Gasteiger partial charge < -0.3 is 4.90 Å². The average molecular weight is 369 g/mol. The second-order valence-corrected chi connectivity index (χ2v) is 8.06. The van der Waals surface area contributed by atoms with Gasteiger partial charge in [0, 0.05) is 18.5 Å². The maximum atomic E-state index is 13.2. The van der Waals surface area contributed by atoms with Crippen molar-refractivity contribution >= 4 is 32.6 Å². The van der Waals surface area contributed by atoms with Crippen molar-refractivity contribution in [1.29, 1.82) is 0 Å². The molecule has 0 fully saturated rings. The summed E-state index contributed by atoms with van der Waals surface area (Å²) in [6, 6.07) is 14.0. The lowest BCUT2D eigenvalue weighted by Crippen LogP contribution is -3.05. The normalized spacial score (nSPS) is 11.3. The Kier molecular flexibility index (Phi) is 5.69. The Balaban J connectivity index is 1.94. The second kappa shape index (κ2) is 7.98. The molecule has 136 valence electrons. The van der Waals surface area contributed by atoms with Crippen molar-refractivity contribution in [1.82, 2.24) is 4.98 Å². The number of thiazole rings is 1. The maximum absolute atomic E-state index is 13.2. The van der Waals surface area contributed by atoms with Crippen LogP contribution in [0, 0.1) is 13.8 Å². The minimum Gasteiger partial charge on any atom is -0.340 e. The number of hydrogen-bond donors (Lipinski definition) is 1. The molecule has 0 aliphatic rings. The monoisotopic (exact) mass is 368 g/mol. The van der Waals surface area contributed by atoms with Crippen LogP contribution in [0.5, 0.6) is 0 Å². The van der Waals surface area contributed by atoms with Crippen LogP contribution in [0.1, 0.15) is 27.9 Å². The number of rotatable bonds is 6. The van der Waals surface area contributed by atoms with Gasteiger partial charge >= 0.3 is 0 Å². The predicted molar refractivity (Wildman–Crippen MR) is 110 cm³/mol. The van der Waals surface area contributed by atoms with Crippen molar-refractivity contribution in [2.24, 2.45) is 0 Å². The van der Waals surface area contributed by atoms with Crippen LogP contribution in [0.3, 0.4) is 0 Å². The molecule has 0 radical (unpaired) electrons. The Morgan fingerprint density at radius 2 is 1.85 bits per heavy atom. The molecule has 2 aromatic carbocycles. The summed E-state index contributed by atoms with van der Waals surface area (Å²) in [6.07, 6.45) is 0.939. The highest BCUT2D eigenvalue weighted by Crippen LogP contribution is 2.31. The highest BCUT2D eigenvalue weighted by molar-refractivity contribution is 7.22. The van der Waals surface area contributed by atoms with Gasteiger partial charge in [0.25, 0.3) is 5.91 Å².